The zero-order chi connectivity index (χ0) is 3.58. The fraction of sp³-hybridized carbons (Fsp3) is 0. The molecule has 0 saturated heterocycles. The molecule has 0 fully saturated rings. The molecule has 0 saturated carbocycles. The van der Waals surface area contributed by atoms with E-state index in [9.17, 15) is 0 Å². The molecular formula is H5Mg2NO3. The summed E-state index contributed by atoms with van der Waals surface area (Å²) < 4.78 is 0. The molecule has 0 rings (SSSR count). The molecule has 32 valence electrons. The van der Waals surface area contributed by atoms with E-state index in [2.05, 4.69) is 0 Å². The topological polar surface area (TPSA) is 63.4 Å². The third-order valence-electron chi connectivity index (χ3n) is 0. The maximum Gasteiger partial charge on any atom is 2.00 e. The third-order valence-corrected chi connectivity index (χ3v) is 0. The summed E-state index contributed by atoms with van der Waals surface area (Å²) in [7, 11) is 0. The molecule has 0 aromatic heterocycles. The molecule has 0 aromatic carbocycles. The minimum Gasteiger partial charge on any atom is -1.00 e. The van der Waals surface area contributed by atoms with Gasteiger partial charge in [-0.3, -0.25) is 0 Å². The average Bonchev–Trinajstić information content (AvgIpc) is 0.811. The van der Waals surface area contributed by atoms with E-state index in [0.29, 0.717) is 0 Å². The van der Waals surface area contributed by atoms with Gasteiger partial charge in [0.1, 0.15) is 0 Å². The first-order chi connectivity index (χ1) is 1.73. The molecule has 0 bridgehead atoms. The van der Waals surface area contributed by atoms with E-state index in [4.69, 9.17) is 15.3 Å². The van der Waals surface area contributed by atoms with Crippen molar-refractivity contribution in [2.75, 3.05) is 0 Å². The Balaban J connectivity index is -0.00000000300. The summed E-state index contributed by atoms with van der Waals surface area (Å²) in [4.78, 5) is 8.36. The number of hydrogen-bond acceptors (Lipinski definition) is 2. The van der Waals surface area contributed by atoms with Crippen molar-refractivity contribution in [2.24, 2.45) is 0 Å². The molecule has 0 amide bonds. The molecule has 0 aliphatic carbocycles. The van der Waals surface area contributed by atoms with Gasteiger partial charge in [0, 0.05) is 0 Å². The molecule has 1 N–H and O–H groups in total. The minimum atomic E-state index is -1.50. The van der Waals surface area contributed by atoms with Crippen molar-refractivity contribution in [1.82, 2.24) is 0 Å². The maximum absolute atomic E-state index is 8.36. The Hall–Kier alpha value is 0.732. The van der Waals surface area contributed by atoms with Crippen LogP contribution in [0.25, 0.3) is 0 Å². The predicted octanol–water partition coefficient (Wildman–Crippen LogP) is -0.659. The van der Waals surface area contributed by atoms with Crippen LogP contribution in [-0.4, -0.2) is 56.4 Å². The van der Waals surface area contributed by atoms with E-state index in [0.717, 1.165) is 0 Å². The van der Waals surface area contributed by atoms with Gasteiger partial charge in [0.2, 0.25) is 0 Å². The van der Waals surface area contributed by atoms with Gasteiger partial charge in [0.05, 0.1) is 0 Å². The van der Waals surface area contributed by atoms with Gasteiger partial charge in [-0.2, -0.15) is 0 Å². The third kappa shape index (κ3) is 123. The van der Waals surface area contributed by atoms with Crippen molar-refractivity contribution in [2.45, 2.75) is 0 Å². The van der Waals surface area contributed by atoms with Crippen LogP contribution in [0.15, 0.2) is 0 Å². The number of rotatable bonds is 0. The Morgan fingerprint density at radius 2 is 1.67 bits per heavy atom. The molecule has 6 heteroatoms. The Labute approximate surface area is 72.3 Å². The summed E-state index contributed by atoms with van der Waals surface area (Å²) in [6, 6.07) is 0. The first-order valence-corrected chi connectivity index (χ1v) is 0.565. The van der Waals surface area contributed by atoms with Crippen LogP contribution in [0.5, 0.6) is 0 Å². The molecule has 0 unspecified atom stereocenters. The largest absolute Gasteiger partial charge is 2.00 e. The van der Waals surface area contributed by atoms with Crippen LogP contribution in [0.2, 0.25) is 0 Å². The fourth-order valence-corrected chi connectivity index (χ4v) is 0. The van der Waals surface area contributed by atoms with Crippen LogP contribution >= 0.6 is 0 Å². The number of hydrogen-bond donors (Lipinski definition) is 1. The monoisotopic (exact) mass is 115 g/mol. The molecule has 0 aromatic rings. The van der Waals surface area contributed by atoms with Gasteiger partial charge in [-0.1, -0.05) is 0 Å². The fourth-order valence-electron chi connectivity index (χ4n) is 0. The van der Waals surface area contributed by atoms with Crippen molar-refractivity contribution >= 4 is 46.1 Å². The average molecular weight is 116 g/mol. The summed E-state index contributed by atoms with van der Waals surface area (Å²) in [5.74, 6) is 0. The Bertz CT molecular complexity index is 41.5. The van der Waals surface area contributed by atoms with Crippen molar-refractivity contribution < 1.29 is 16.0 Å². The molecule has 0 aliphatic rings. The Morgan fingerprint density at radius 3 is 1.67 bits per heavy atom. The van der Waals surface area contributed by atoms with E-state index >= 15 is 0 Å². The number of nitrogens with zero attached hydrogens (tertiary/aromatic N) is 1. The minimum absolute atomic E-state index is 0. The second kappa shape index (κ2) is 9.22. The van der Waals surface area contributed by atoms with Crippen LogP contribution in [0.1, 0.15) is 5.71 Å². The van der Waals surface area contributed by atoms with Crippen LogP contribution in [0, 0.1) is 10.1 Å². The molecule has 0 aliphatic heterocycles. The second-order valence-electron chi connectivity index (χ2n) is 0.238. The quantitative estimate of drug-likeness (QED) is 0.259. The molecule has 0 spiro atoms. The standard InChI is InChI=1S/2Mg.HNO3.4H/c;;2-1(3)4;;;;/h;;(H,2,3,4);;;;/q2*+2;;4*-1. The van der Waals surface area contributed by atoms with E-state index in [1.807, 2.05) is 0 Å². The molecule has 0 atom stereocenters. The van der Waals surface area contributed by atoms with Gasteiger partial charge in [0.25, 0.3) is 5.09 Å². The van der Waals surface area contributed by atoms with Gasteiger partial charge < -0.3 is 10.9 Å². The van der Waals surface area contributed by atoms with E-state index < -0.39 is 5.09 Å². The van der Waals surface area contributed by atoms with E-state index in [1.165, 1.54) is 0 Å². The van der Waals surface area contributed by atoms with Gasteiger partial charge in [0.15, 0.2) is 0 Å². The molecule has 0 heterocycles. The summed E-state index contributed by atoms with van der Waals surface area (Å²) >= 11 is 0. The van der Waals surface area contributed by atoms with Gasteiger partial charge in [-0.25, -0.2) is 0 Å². The van der Waals surface area contributed by atoms with Crippen molar-refractivity contribution in [3.05, 3.63) is 10.1 Å². The van der Waals surface area contributed by atoms with Crippen molar-refractivity contribution in [1.29, 1.82) is 0 Å². The summed E-state index contributed by atoms with van der Waals surface area (Å²) in [6.45, 7) is 0. The Kier molecular flexibility index (Phi) is 24.4. The molecule has 4 nitrogen and oxygen atoms in total. The van der Waals surface area contributed by atoms with Crippen LogP contribution in [0.4, 0.5) is 0 Å². The van der Waals surface area contributed by atoms with Crippen LogP contribution in [-0.2, 0) is 0 Å². The van der Waals surface area contributed by atoms with Crippen molar-refractivity contribution in [3.63, 3.8) is 0 Å². The smallest absolute Gasteiger partial charge is 1.00 e. The zero-order valence-corrected chi connectivity index (χ0v) is 5.95. The molecule has 0 radical (unpaired) electrons. The van der Waals surface area contributed by atoms with E-state index in [-0.39, 0.29) is 51.8 Å². The van der Waals surface area contributed by atoms with Gasteiger partial charge >= 0.3 is 46.1 Å². The maximum atomic E-state index is 8.36. The van der Waals surface area contributed by atoms with Gasteiger partial charge in [-0.05, 0) is 0 Å². The van der Waals surface area contributed by atoms with Gasteiger partial charge in [-0.15, -0.1) is 10.1 Å². The SMILES string of the molecule is O=[N+]([O-])O.[H-].[H-].[H-].[H-].[Mg+2].[Mg+2]. The van der Waals surface area contributed by atoms with Crippen LogP contribution in [0.3, 0.4) is 0 Å². The van der Waals surface area contributed by atoms with Crippen LogP contribution < -0.4 is 0 Å². The molecule has 6 heavy (non-hydrogen) atoms. The summed E-state index contributed by atoms with van der Waals surface area (Å²) in [5, 5.41) is 13.6. The predicted molar refractivity (Wildman–Crippen MR) is 24.7 cm³/mol. The first kappa shape index (κ1) is 15.9. The second-order valence-corrected chi connectivity index (χ2v) is 0.238. The van der Waals surface area contributed by atoms with E-state index in [1.54, 1.807) is 0 Å². The summed E-state index contributed by atoms with van der Waals surface area (Å²) in [5.41, 5.74) is 0. The summed E-state index contributed by atoms with van der Waals surface area (Å²) in [6.07, 6.45) is 0. The normalized spacial score (nSPS) is 4.00. The van der Waals surface area contributed by atoms with Crippen molar-refractivity contribution in [3.8, 4) is 0 Å². The molecular weight excluding hydrogens is 111 g/mol. The Morgan fingerprint density at radius 1 is 1.67 bits per heavy atom. The first-order valence-electron chi connectivity index (χ1n) is 0.565. The zero-order valence-electron chi connectivity index (χ0n) is 7.13.